The third-order valence-electron chi connectivity index (χ3n) is 6.45. The van der Waals surface area contributed by atoms with Crippen molar-refractivity contribution in [2.24, 2.45) is 0 Å². The van der Waals surface area contributed by atoms with Crippen molar-refractivity contribution < 1.29 is 14.0 Å². The lowest BCUT2D eigenvalue weighted by Gasteiger charge is -2.36. The number of nitrogens with zero attached hydrogens (tertiary/aromatic N) is 5. The molecule has 1 fully saturated rings. The minimum absolute atomic E-state index is 0.0246. The van der Waals surface area contributed by atoms with Gasteiger partial charge in [-0.05, 0) is 50.6 Å². The molecule has 9 heteroatoms. The van der Waals surface area contributed by atoms with Gasteiger partial charge in [0.1, 0.15) is 17.7 Å². The number of halogens is 1. The van der Waals surface area contributed by atoms with Crippen LogP contribution >= 0.6 is 0 Å². The van der Waals surface area contributed by atoms with Crippen LogP contribution in [0.25, 0.3) is 0 Å². The summed E-state index contributed by atoms with van der Waals surface area (Å²) in [5.41, 5.74) is 1.90. The lowest BCUT2D eigenvalue weighted by Crippen LogP contribution is -2.52. The van der Waals surface area contributed by atoms with Gasteiger partial charge in [0.15, 0.2) is 0 Å². The Morgan fingerprint density at radius 1 is 1.15 bits per heavy atom. The van der Waals surface area contributed by atoms with Crippen molar-refractivity contribution in [1.29, 1.82) is 0 Å². The highest BCUT2D eigenvalue weighted by Crippen LogP contribution is 2.26. The van der Waals surface area contributed by atoms with Gasteiger partial charge in [0.25, 0.3) is 0 Å². The number of benzene rings is 1. The number of rotatable bonds is 8. The number of aryl methyl sites for hydroxylation is 2. The SMILES string of the molecule is CC[C@@H](C(=O)NCCCN1CCN(c2ccc(F)cc2)CC1)N1C(=O)CCn2nc(C)cc21. The summed E-state index contributed by atoms with van der Waals surface area (Å²) in [4.78, 5) is 31.8. The second-order valence-corrected chi connectivity index (χ2v) is 8.75. The molecule has 2 aliphatic heterocycles. The highest BCUT2D eigenvalue weighted by atomic mass is 19.1. The second kappa shape index (κ2) is 10.3. The monoisotopic (exact) mass is 456 g/mol. The van der Waals surface area contributed by atoms with Crippen LogP contribution in [0.3, 0.4) is 0 Å². The Kier molecular flexibility index (Phi) is 7.27. The molecule has 8 nitrogen and oxygen atoms in total. The van der Waals surface area contributed by atoms with Gasteiger partial charge in [0.05, 0.1) is 12.2 Å². The van der Waals surface area contributed by atoms with E-state index in [9.17, 15) is 14.0 Å². The van der Waals surface area contributed by atoms with Crippen LogP contribution in [-0.4, -0.2) is 71.8 Å². The molecule has 178 valence electrons. The van der Waals surface area contributed by atoms with Crippen molar-refractivity contribution in [2.75, 3.05) is 49.1 Å². The fourth-order valence-corrected chi connectivity index (χ4v) is 4.67. The molecule has 4 rings (SSSR count). The second-order valence-electron chi connectivity index (χ2n) is 8.75. The zero-order chi connectivity index (χ0) is 23.4. The van der Waals surface area contributed by atoms with E-state index in [-0.39, 0.29) is 17.6 Å². The Morgan fingerprint density at radius 3 is 2.58 bits per heavy atom. The Bertz CT molecular complexity index is 968. The average Bonchev–Trinajstić information content (AvgIpc) is 3.20. The number of carbonyl (C=O) groups excluding carboxylic acids is 2. The highest BCUT2D eigenvalue weighted by Gasteiger charge is 2.34. The summed E-state index contributed by atoms with van der Waals surface area (Å²) >= 11 is 0. The lowest BCUT2D eigenvalue weighted by atomic mass is 10.1. The molecule has 1 aromatic heterocycles. The molecule has 1 atom stereocenters. The van der Waals surface area contributed by atoms with Gasteiger partial charge < -0.3 is 10.2 Å². The predicted molar refractivity (Wildman–Crippen MR) is 126 cm³/mol. The van der Waals surface area contributed by atoms with Crippen LogP contribution in [0, 0.1) is 12.7 Å². The van der Waals surface area contributed by atoms with Crippen molar-refractivity contribution >= 4 is 23.3 Å². The maximum Gasteiger partial charge on any atom is 0.243 e. The van der Waals surface area contributed by atoms with Crippen LogP contribution in [0.5, 0.6) is 0 Å². The Balaban J connectivity index is 1.22. The van der Waals surface area contributed by atoms with Crippen molar-refractivity contribution in [3.05, 3.63) is 41.8 Å². The molecule has 1 N–H and O–H groups in total. The van der Waals surface area contributed by atoms with Crippen molar-refractivity contribution in [3.8, 4) is 0 Å². The molecular weight excluding hydrogens is 423 g/mol. The molecular formula is C24H33FN6O2. The number of anilines is 2. The van der Waals surface area contributed by atoms with Crippen LogP contribution < -0.4 is 15.1 Å². The minimum Gasteiger partial charge on any atom is -0.369 e. The molecule has 0 saturated carbocycles. The standard InChI is InChI=1S/C24H33FN6O2/c1-3-21(31-22-17-18(2)27-30(22)12-9-23(31)32)24(33)26-10-4-11-28-13-15-29(16-14-28)20-7-5-19(25)6-8-20/h5-8,17,21H,3-4,9-16H2,1-2H3,(H,26,33)/t21-/m0/s1. The Hall–Kier alpha value is -2.94. The molecule has 1 saturated heterocycles. The van der Waals surface area contributed by atoms with E-state index in [1.165, 1.54) is 12.1 Å². The first kappa shape index (κ1) is 23.2. The third-order valence-corrected chi connectivity index (χ3v) is 6.45. The molecule has 3 heterocycles. The predicted octanol–water partition coefficient (Wildman–Crippen LogP) is 2.17. The smallest absolute Gasteiger partial charge is 0.243 e. The number of fused-ring (bicyclic) bond motifs is 1. The molecule has 2 amide bonds. The zero-order valence-electron chi connectivity index (χ0n) is 19.5. The molecule has 0 unspecified atom stereocenters. The van der Waals surface area contributed by atoms with E-state index in [4.69, 9.17) is 0 Å². The fraction of sp³-hybridized carbons (Fsp3) is 0.542. The van der Waals surface area contributed by atoms with Crippen molar-refractivity contribution in [2.45, 2.75) is 45.7 Å². The number of piperazine rings is 1. The van der Waals surface area contributed by atoms with Crippen molar-refractivity contribution in [1.82, 2.24) is 20.0 Å². The summed E-state index contributed by atoms with van der Waals surface area (Å²) in [5.74, 6) is 0.364. The first-order valence-corrected chi connectivity index (χ1v) is 11.8. The van der Waals surface area contributed by atoms with E-state index in [2.05, 4.69) is 20.2 Å². The minimum atomic E-state index is -0.521. The molecule has 0 bridgehead atoms. The summed E-state index contributed by atoms with van der Waals surface area (Å²) < 4.78 is 14.9. The summed E-state index contributed by atoms with van der Waals surface area (Å²) in [5, 5.41) is 7.47. The maximum atomic E-state index is 13.1. The molecule has 2 aromatic rings. The quantitative estimate of drug-likeness (QED) is 0.617. The van der Waals surface area contributed by atoms with Gasteiger partial charge in [-0.25, -0.2) is 9.07 Å². The molecule has 33 heavy (non-hydrogen) atoms. The number of carbonyl (C=O) groups is 2. The Labute approximate surface area is 194 Å². The van der Waals surface area contributed by atoms with Crippen LogP contribution in [0.15, 0.2) is 30.3 Å². The van der Waals surface area contributed by atoms with Gasteiger partial charge in [-0.1, -0.05) is 6.92 Å². The van der Waals surface area contributed by atoms with Crippen LogP contribution in [0.2, 0.25) is 0 Å². The van der Waals surface area contributed by atoms with Gasteiger partial charge in [0.2, 0.25) is 11.8 Å². The van der Waals surface area contributed by atoms with Gasteiger partial charge in [-0.2, -0.15) is 5.10 Å². The van der Waals surface area contributed by atoms with Gasteiger partial charge in [-0.3, -0.25) is 19.4 Å². The maximum absolute atomic E-state index is 13.1. The molecule has 0 radical (unpaired) electrons. The van der Waals surface area contributed by atoms with Crippen molar-refractivity contribution in [3.63, 3.8) is 0 Å². The van der Waals surface area contributed by atoms with E-state index in [0.717, 1.165) is 50.5 Å². The van der Waals surface area contributed by atoms with E-state index < -0.39 is 6.04 Å². The van der Waals surface area contributed by atoms with E-state index in [1.807, 2.05) is 36.7 Å². The number of hydrogen-bond acceptors (Lipinski definition) is 5. The topological polar surface area (TPSA) is 73.7 Å². The van der Waals surface area contributed by atoms with Gasteiger partial charge >= 0.3 is 0 Å². The van der Waals surface area contributed by atoms with E-state index >= 15 is 0 Å². The molecule has 0 spiro atoms. The summed E-state index contributed by atoms with van der Waals surface area (Å²) in [7, 11) is 0. The number of hydrogen-bond donors (Lipinski definition) is 1. The lowest BCUT2D eigenvalue weighted by molar-refractivity contribution is -0.127. The number of aromatic nitrogens is 2. The van der Waals surface area contributed by atoms with E-state index in [1.54, 1.807) is 4.90 Å². The molecule has 2 aliphatic rings. The van der Waals surface area contributed by atoms with Crippen LogP contribution in [0.4, 0.5) is 15.9 Å². The van der Waals surface area contributed by atoms with Crippen LogP contribution in [0.1, 0.15) is 31.9 Å². The van der Waals surface area contributed by atoms with Crippen LogP contribution in [-0.2, 0) is 16.1 Å². The zero-order valence-corrected chi connectivity index (χ0v) is 19.5. The normalized spacial score (nSPS) is 17.7. The molecule has 0 aliphatic carbocycles. The highest BCUT2D eigenvalue weighted by molar-refractivity contribution is 6.00. The first-order valence-electron chi connectivity index (χ1n) is 11.8. The number of amides is 2. The fourth-order valence-electron chi connectivity index (χ4n) is 4.67. The summed E-state index contributed by atoms with van der Waals surface area (Å²) in [6, 6.07) is 8.00. The summed E-state index contributed by atoms with van der Waals surface area (Å²) in [6.07, 6.45) is 1.76. The average molecular weight is 457 g/mol. The third kappa shape index (κ3) is 5.35. The van der Waals surface area contributed by atoms with E-state index in [0.29, 0.717) is 31.7 Å². The van der Waals surface area contributed by atoms with Gasteiger partial charge in [-0.15, -0.1) is 0 Å². The summed E-state index contributed by atoms with van der Waals surface area (Å²) in [6.45, 7) is 9.56. The largest absolute Gasteiger partial charge is 0.369 e. The molecule has 1 aromatic carbocycles. The van der Waals surface area contributed by atoms with Gasteiger partial charge in [0, 0.05) is 50.9 Å². The Morgan fingerprint density at radius 2 is 1.88 bits per heavy atom. The number of nitrogens with one attached hydrogen (secondary N) is 1. The first-order chi connectivity index (χ1) is 16.0.